The average Bonchev–Trinajstić information content (AvgIpc) is 2.80. The molecule has 3 aromatic rings. The molecule has 174 valence electrons. The molecule has 4 N–H and O–H groups in total. The second kappa shape index (κ2) is 11.5. The van der Waals surface area contributed by atoms with Crippen LogP contribution in [0.5, 0.6) is 5.75 Å². The van der Waals surface area contributed by atoms with E-state index in [2.05, 4.69) is 35.5 Å². The van der Waals surface area contributed by atoms with Gasteiger partial charge in [-0.2, -0.15) is 5.10 Å². The van der Waals surface area contributed by atoms with Crippen LogP contribution in [-0.2, 0) is 0 Å². The van der Waals surface area contributed by atoms with Gasteiger partial charge in [-0.3, -0.25) is 5.43 Å². The van der Waals surface area contributed by atoms with Crippen molar-refractivity contribution >= 4 is 47.2 Å². The van der Waals surface area contributed by atoms with Crippen molar-refractivity contribution in [3.63, 3.8) is 0 Å². The maximum Gasteiger partial charge on any atom is 0.573 e. The molecule has 2 aromatic carbocycles. The summed E-state index contributed by atoms with van der Waals surface area (Å²) in [6.45, 7) is 0. The highest BCUT2D eigenvalue weighted by molar-refractivity contribution is 7.80. The Hall–Kier alpha value is -4.32. The number of aliphatic imine (C=N–C) groups is 2. The number of aromatic nitrogens is 1. The number of nitrogens with two attached hydrogens (primary N) is 1. The third-order valence-corrected chi connectivity index (χ3v) is 4.16. The van der Waals surface area contributed by atoms with E-state index >= 15 is 0 Å². The molecule has 3 rings (SSSR count). The lowest BCUT2D eigenvalue weighted by Gasteiger charge is -2.08. The van der Waals surface area contributed by atoms with Crippen LogP contribution in [0.25, 0.3) is 0 Å². The number of hydrazone groups is 1. The topological polar surface area (TPSA) is 109 Å². The van der Waals surface area contributed by atoms with Crippen LogP contribution in [0.4, 0.5) is 24.7 Å². The number of ether oxygens (including phenoxy) is 1. The SMILES string of the molecule is NC(=NC=Nc1ccc(OC(F)(F)F)cc1)c1ccc(/C=N/NC(=S)Nc2ccccn2)cc1. The number of hydrogen-bond acceptors (Lipinski definition) is 5. The van der Waals surface area contributed by atoms with E-state index in [1.165, 1.54) is 18.5 Å². The Bertz CT molecular complexity index is 1180. The van der Waals surface area contributed by atoms with Crippen molar-refractivity contribution in [2.45, 2.75) is 6.36 Å². The number of nitrogens with one attached hydrogen (secondary N) is 2. The van der Waals surface area contributed by atoms with Crippen LogP contribution in [0, 0.1) is 0 Å². The minimum atomic E-state index is -4.74. The van der Waals surface area contributed by atoms with Crippen LogP contribution in [0.3, 0.4) is 0 Å². The van der Waals surface area contributed by atoms with Crippen molar-refractivity contribution in [3.8, 4) is 5.75 Å². The van der Waals surface area contributed by atoms with Gasteiger partial charge < -0.3 is 15.8 Å². The van der Waals surface area contributed by atoms with E-state index in [9.17, 15) is 13.2 Å². The molecule has 8 nitrogen and oxygen atoms in total. The van der Waals surface area contributed by atoms with E-state index in [1.54, 1.807) is 48.8 Å². The molecule has 0 saturated carbocycles. The minimum Gasteiger partial charge on any atom is -0.406 e. The van der Waals surface area contributed by atoms with Crippen molar-refractivity contribution in [1.82, 2.24) is 10.4 Å². The molecule has 0 fully saturated rings. The fraction of sp³-hybridized carbons (Fsp3) is 0.0455. The van der Waals surface area contributed by atoms with Crippen molar-refractivity contribution in [2.75, 3.05) is 5.32 Å². The standard InChI is InChI=1S/C22H18F3N7OS/c23-22(24,25)33-18-10-8-17(9-11-18)28-14-29-20(26)16-6-4-15(5-7-16)13-30-32-21(34)31-19-3-1-2-12-27-19/h1-14H,(H2,26,28,29)(H2,27,31,32,34)/b30-13+. The first-order valence-corrected chi connectivity index (χ1v) is 10.0. The Labute approximate surface area is 198 Å². The van der Waals surface area contributed by atoms with Gasteiger partial charge in [-0.15, -0.1) is 13.2 Å². The normalized spacial score (nSPS) is 12.1. The van der Waals surface area contributed by atoms with Gasteiger partial charge in [-0.05, 0) is 54.2 Å². The summed E-state index contributed by atoms with van der Waals surface area (Å²) in [6.07, 6.45) is -0.308. The molecule has 0 aliphatic heterocycles. The third-order valence-electron chi connectivity index (χ3n) is 3.97. The number of benzene rings is 2. The summed E-state index contributed by atoms with van der Waals surface area (Å²) in [7, 11) is 0. The second-order valence-electron chi connectivity index (χ2n) is 6.46. The zero-order chi connectivity index (χ0) is 24.4. The smallest absolute Gasteiger partial charge is 0.406 e. The molecule has 0 atom stereocenters. The van der Waals surface area contributed by atoms with E-state index in [4.69, 9.17) is 18.0 Å². The Kier molecular flexibility index (Phi) is 8.24. The van der Waals surface area contributed by atoms with E-state index in [1.807, 2.05) is 6.07 Å². The lowest BCUT2D eigenvalue weighted by molar-refractivity contribution is -0.274. The second-order valence-corrected chi connectivity index (χ2v) is 6.87. The maximum atomic E-state index is 12.2. The van der Waals surface area contributed by atoms with Crippen molar-refractivity contribution in [1.29, 1.82) is 0 Å². The van der Waals surface area contributed by atoms with Gasteiger partial charge in [-0.25, -0.2) is 15.0 Å². The first kappa shape index (κ1) is 24.3. The van der Waals surface area contributed by atoms with Gasteiger partial charge in [0.05, 0.1) is 11.9 Å². The van der Waals surface area contributed by atoms with Crippen LogP contribution in [-0.4, -0.2) is 34.8 Å². The molecule has 0 bridgehead atoms. The van der Waals surface area contributed by atoms with Crippen molar-refractivity contribution < 1.29 is 17.9 Å². The summed E-state index contributed by atoms with van der Waals surface area (Å²) in [6, 6.07) is 17.5. The fourth-order valence-corrected chi connectivity index (χ4v) is 2.61. The highest BCUT2D eigenvalue weighted by atomic mass is 32.1. The molecular weight excluding hydrogens is 467 g/mol. The molecule has 1 aromatic heterocycles. The van der Waals surface area contributed by atoms with Gasteiger partial charge in [0.25, 0.3) is 0 Å². The van der Waals surface area contributed by atoms with Gasteiger partial charge in [0.2, 0.25) is 0 Å². The summed E-state index contributed by atoms with van der Waals surface area (Å²) >= 11 is 5.14. The van der Waals surface area contributed by atoms with Crippen molar-refractivity contribution in [3.05, 3.63) is 84.1 Å². The van der Waals surface area contributed by atoms with Gasteiger partial charge in [0.15, 0.2) is 5.11 Å². The van der Waals surface area contributed by atoms with Gasteiger partial charge >= 0.3 is 6.36 Å². The highest BCUT2D eigenvalue weighted by Gasteiger charge is 2.30. The number of anilines is 1. The highest BCUT2D eigenvalue weighted by Crippen LogP contribution is 2.24. The number of alkyl halides is 3. The summed E-state index contributed by atoms with van der Waals surface area (Å²) in [5.74, 6) is 0.480. The summed E-state index contributed by atoms with van der Waals surface area (Å²) in [5.41, 5.74) is 10.5. The van der Waals surface area contributed by atoms with Crippen LogP contribution < -0.4 is 21.2 Å². The summed E-state index contributed by atoms with van der Waals surface area (Å²) in [4.78, 5) is 12.2. The molecule has 0 radical (unpaired) electrons. The quantitative estimate of drug-likeness (QED) is 0.199. The molecule has 0 spiro atoms. The van der Waals surface area contributed by atoms with E-state index < -0.39 is 6.36 Å². The summed E-state index contributed by atoms with van der Waals surface area (Å²) < 4.78 is 40.4. The number of amidine groups is 1. The fourth-order valence-electron chi connectivity index (χ4n) is 2.45. The summed E-state index contributed by atoms with van der Waals surface area (Å²) in [5, 5.41) is 7.25. The average molecular weight is 485 g/mol. The Balaban J connectivity index is 1.51. The van der Waals surface area contributed by atoms with Crippen LogP contribution in [0.15, 0.2) is 88.0 Å². The van der Waals surface area contributed by atoms with Gasteiger partial charge in [-0.1, -0.05) is 30.3 Å². The molecule has 1 heterocycles. The molecule has 34 heavy (non-hydrogen) atoms. The molecule has 0 aliphatic carbocycles. The Morgan fingerprint density at radius 2 is 1.76 bits per heavy atom. The monoisotopic (exact) mass is 485 g/mol. The zero-order valence-corrected chi connectivity index (χ0v) is 18.2. The molecule has 0 unspecified atom stereocenters. The number of thiocarbonyl (C=S) groups is 1. The largest absolute Gasteiger partial charge is 0.573 e. The van der Waals surface area contributed by atoms with E-state index in [-0.39, 0.29) is 11.6 Å². The van der Waals surface area contributed by atoms with Crippen LogP contribution in [0.1, 0.15) is 11.1 Å². The number of nitrogens with zero attached hydrogens (tertiary/aromatic N) is 4. The molecular formula is C22H18F3N7OS. The number of rotatable bonds is 7. The molecule has 12 heteroatoms. The minimum absolute atomic E-state index is 0.211. The Morgan fingerprint density at radius 3 is 2.41 bits per heavy atom. The van der Waals surface area contributed by atoms with Crippen LogP contribution in [0.2, 0.25) is 0 Å². The number of halogens is 3. The maximum absolute atomic E-state index is 12.2. The zero-order valence-electron chi connectivity index (χ0n) is 17.4. The third kappa shape index (κ3) is 8.31. The first-order chi connectivity index (χ1) is 16.3. The Morgan fingerprint density at radius 1 is 1.03 bits per heavy atom. The van der Waals surface area contributed by atoms with Gasteiger partial charge in [0.1, 0.15) is 23.7 Å². The van der Waals surface area contributed by atoms with Crippen molar-refractivity contribution in [2.24, 2.45) is 20.8 Å². The van der Waals surface area contributed by atoms with Gasteiger partial charge in [0, 0.05) is 11.8 Å². The van der Waals surface area contributed by atoms with E-state index in [0.29, 0.717) is 22.2 Å². The number of pyridine rings is 1. The molecule has 0 saturated heterocycles. The first-order valence-electron chi connectivity index (χ1n) is 9.62. The predicted octanol–water partition coefficient (Wildman–Crippen LogP) is 4.37. The molecule has 0 aliphatic rings. The lowest BCUT2D eigenvalue weighted by Crippen LogP contribution is -2.24. The molecule has 0 amide bonds. The number of hydrogen-bond donors (Lipinski definition) is 3. The van der Waals surface area contributed by atoms with E-state index in [0.717, 1.165) is 17.7 Å². The predicted molar refractivity (Wildman–Crippen MR) is 130 cm³/mol. The van der Waals surface area contributed by atoms with Crippen LogP contribution >= 0.6 is 12.2 Å². The lowest BCUT2D eigenvalue weighted by atomic mass is 10.1.